The van der Waals surface area contributed by atoms with Crippen LogP contribution in [-0.2, 0) is 30.7 Å². The summed E-state index contributed by atoms with van der Waals surface area (Å²) in [5, 5.41) is 5.75. The summed E-state index contributed by atoms with van der Waals surface area (Å²) in [5.41, 5.74) is -0.0419. The van der Waals surface area contributed by atoms with Crippen LogP contribution in [0.25, 0.3) is 5.32 Å². The third-order valence-electron chi connectivity index (χ3n) is 2.47. The second kappa shape index (κ2) is 6.57. The Kier molecular flexibility index (Phi) is 5.36. The molecular formula is C12H9FN2O3W. The van der Waals surface area contributed by atoms with Crippen molar-refractivity contribution < 1.29 is 39.8 Å². The molecule has 1 aromatic rings. The molecule has 1 fully saturated rings. The quantitative estimate of drug-likeness (QED) is 0.559. The Morgan fingerprint density at radius 1 is 1.42 bits per heavy atom. The van der Waals surface area contributed by atoms with Crippen LogP contribution in [0.2, 0.25) is 0 Å². The van der Waals surface area contributed by atoms with Crippen molar-refractivity contribution in [3.05, 3.63) is 41.0 Å². The number of piperidine rings is 1. The van der Waals surface area contributed by atoms with E-state index in [0.29, 0.717) is 0 Å². The zero-order chi connectivity index (χ0) is 13.1. The molecule has 98 valence electrons. The zero-order valence-corrected chi connectivity index (χ0v) is 12.6. The molecule has 0 spiro atoms. The summed E-state index contributed by atoms with van der Waals surface area (Å²) in [7, 11) is 0. The van der Waals surface area contributed by atoms with Gasteiger partial charge in [-0.05, 0) is 18.4 Å². The fraction of sp³-hybridized carbons (Fsp3) is 0.250. The largest absolute Gasteiger partial charge is 2.00 e. The van der Waals surface area contributed by atoms with Gasteiger partial charge in [0.25, 0.3) is 0 Å². The van der Waals surface area contributed by atoms with Crippen molar-refractivity contribution in [2.75, 3.05) is 0 Å². The molecule has 1 aromatic carbocycles. The van der Waals surface area contributed by atoms with Crippen LogP contribution < -0.4 is 5.32 Å². The second-order valence-electron chi connectivity index (χ2n) is 3.81. The molecule has 1 atom stereocenters. The monoisotopic (exact) mass is 432 g/mol. The van der Waals surface area contributed by atoms with E-state index in [4.69, 9.17) is 0 Å². The maximum Gasteiger partial charge on any atom is 2.00 e. The van der Waals surface area contributed by atoms with E-state index in [2.05, 4.69) is 16.7 Å². The molecule has 1 N–H and O–H groups in total. The third-order valence-corrected chi connectivity index (χ3v) is 2.47. The van der Waals surface area contributed by atoms with E-state index in [1.54, 1.807) is 0 Å². The third kappa shape index (κ3) is 3.96. The number of hydrogen-bond acceptors (Lipinski definition) is 3. The maximum absolute atomic E-state index is 12.9. The van der Waals surface area contributed by atoms with E-state index < -0.39 is 23.7 Å². The predicted octanol–water partition coefficient (Wildman–Crippen LogP) is 0.942. The topological polar surface area (TPSA) is 77.3 Å². The normalized spacial score (nSPS) is 18.3. The number of halogens is 1. The Morgan fingerprint density at radius 2 is 2.16 bits per heavy atom. The van der Waals surface area contributed by atoms with Crippen LogP contribution in [0.15, 0.2) is 18.2 Å². The molecule has 0 aliphatic carbocycles. The molecule has 1 heterocycles. The maximum atomic E-state index is 12.9. The van der Waals surface area contributed by atoms with Crippen LogP contribution in [0.5, 0.6) is 0 Å². The number of rotatable bonds is 2. The van der Waals surface area contributed by atoms with Gasteiger partial charge in [0.15, 0.2) is 0 Å². The zero-order valence-electron chi connectivity index (χ0n) is 9.68. The Bertz CT molecular complexity index is 521. The summed E-state index contributed by atoms with van der Waals surface area (Å²) in [6.45, 7) is 0. The van der Waals surface area contributed by atoms with E-state index in [1.165, 1.54) is 12.1 Å². The van der Waals surface area contributed by atoms with Crippen LogP contribution in [0, 0.1) is 11.9 Å². The number of nitrogens with one attached hydrogen (secondary N) is 1. The first-order valence-electron chi connectivity index (χ1n) is 5.33. The average molecular weight is 432 g/mol. The van der Waals surface area contributed by atoms with Crippen LogP contribution in [0.4, 0.5) is 4.39 Å². The summed E-state index contributed by atoms with van der Waals surface area (Å²) >= 11 is 0. The van der Waals surface area contributed by atoms with E-state index in [9.17, 15) is 18.8 Å². The van der Waals surface area contributed by atoms with Crippen molar-refractivity contribution in [2.24, 2.45) is 0 Å². The van der Waals surface area contributed by atoms with Gasteiger partial charge in [-0.3, -0.25) is 14.9 Å². The Morgan fingerprint density at radius 3 is 2.79 bits per heavy atom. The van der Waals surface area contributed by atoms with E-state index in [0.717, 1.165) is 6.07 Å². The molecule has 0 unspecified atom stereocenters. The molecule has 5 nitrogen and oxygen atoms in total. The van der Waals surface area contributed by atoms with E-state index in [1.807, 2.05) is 0 Å². The van der Waals surface area contributed by atoms with Gasteiger partial charge in [0, 0.05) is 12.2 Å². The molecular weight excluding hydrogens is 423 g/mol. The number of imide groups is 1. The van der Waals surface area contributed by atoms with Gasteiger partial charge in [-0.15, -0.1) is 29.8 Å². The molecule has 0 bridgehead atoms. The van der Waals surface area contributed by atoms with Crippen molar-refractivity contribution >= 4 is 17.7 Å². The number of amides is 3. The first-order chi connectivity index (χ1) is 8.56. The van der Waals surface area contributed by atoms with E-state index in [-0.39, 0.29) is 45.4 Å². The molecule has 2 rings (SSSR count). The molecule has 1 aliphatic rings. The summed E-state index contributed by atoms with van der Waals surface area (Å²) < 4.78 is 12.9. The molecule has 0 saturated carbocycles. The summed E-state index contributed by atoms with van der Waals surface area (Å²) in [5.74, 6) is -2.37. The standard InChI is InChI=1S/C12H10FN2O3.W/c13-8-3-1-2-7(6-8)11(17)14-9-4-5-10(16)15-12(9)18;/h1-3,9H,4-5H2,(H2,14,15,16,17,18);/q-1;+2/p-1/t9-;/m0./s1. The summed E-state index contributed by atoms with van der Waals surface area (Å²) in [6.07, 6.45) is 0.325. The number of carbonyl (C=O) groups is 3. The molecule has 0 aromatic heterocycles. The second-order valence-corrected chi connectivity index (χ2v) is 3.81. The van der Waals surface area contributed by atoms with Crippen molar-refractivity contribution in [2.45, 2.75) is 18.9 Å². The van der Waals surface area contributed by atoms with Gasteiger partial charge < -0.3 is 10.1 Å². The number of nitrogens with zero attached hydrogens (tertiary/aromatic N) is 1. The molecule has 0 radical (unpaired) electrons. The van der Waals surface area contributed by atoms with Crippen LogP contribution in [0.3, 0.4) is 0 Å². The Hall–Kier alpha value is -1.55. The van der Waals surface area contributed by atoms with Gasteiger partial charge >= 0.3 is 21.1 Å². The predicted molar refractivity (Wildman–Crippen MR) is 59.1 cm³/mol. The number of carbonyl (C=O) groups excluding carboxylic acids is 3. The molecule has 3 amide bonds. The minimum atomic E-state index is -0.896. The first-order valence-corrected chi connectivity index (χ1v) is 5.33. The van der Waals surface area contributed by atoms with Crippen LogP contribution >= 0.6 is 0 Å². The minimum absolute atomic E-state index is 0. The van der Waals surface area contributed by atoms with Gasteiger partial charge in [0.05, 0.1) is 0 Å². The Balaban J connectivity index is 0.00000180. The van der Waals surface area contributed by atoms with Gasteiger partial charge in [0.2, 0.25) is 11.8 Å². The summed E-state index contributed by atoms with van der Waals surface area (Å²) in [4.78, 5) is 33.9. The number of hydrogen-bond donors (Lipinski definition) is 1. The smallest absolute Gasteiger partial charge is 0.684 e. The SMILES string of the molecule is O=C1CC[C@H]([N-]C(=O)c2[c-]c(F)ccc2)C(=O)N1.[W+2]. The minimum Gasteiger partial charge on any atom is -0.684 e. The molecule has 7 heteroatoms. The Labute approximate surface area is 123 Å². The fourth-order valence-electron chi connectivity index (χ4n) is 1.58. The first kappa shape index (κ1) is 15.5. The van der Waals surface area contributed by atoms with Crippen molar-refractivity contribution in [1.29, 1.82) is 0 Å². The van der Waals surface area contributed by atoms with Crippen LogP contribution in [0.1, 0.15) is 23.2 Å². The molecule has 1 aliphatic heterocycles. The summed E-state index contributed by atoms with van der Waals surface area (Å²) in [6, 6.07) is 5.19. The van der Waals surface area contributed by atoms with Crippen molar-refractivity contribution in [3.8, 4) is 0 Å². The van der Waals surface area contributed by atoms with Gasteiger partial charge in [-0.2, -0.15) is 0 Å². The van der Waals surface area contributed by atoms with Gasteiger partial charge in [-0.25, -0.2) is 4.39 Å². The van der Waals surface area contributed by atoms with Crippen LogP contribution in [-0.4, -0.2) is 23.8 Å². The number of benzene rings is 1. The average Bonchev–Trinajstić information content (AvgIpc) is 2.32. The molecule has 19 heavy (non-hydrogen) atoms. The van der Waals surface area contributed by atoms with Crippen molar-refractivity contribution in [3.63, 3.8) is 0 Å². The fourth-order valence-corrected chi connectivity index (χ4v) is 1.58. The van der Waals surface area contributed by atoms with Crippen molar-refractivity contribution in [1.82, 2.24) is 5.32 Å². The van der Waals surface area contributed by atoms with Gasteiger partial charge in [0.1, 0.15) is 0 Å². The van der Waals surface area contributed by atoms with Gasteiger partial charge in [-0.1, -0.05) is 0 Å². The van der Waals surface area contributed by atoms with E-state index >= 15 is 0 Å². The molecule has 1 saturated heterocycles.